The number of urea groups is 1. The number of fused-ring (bicyclic) bond motifs is 3. The fraction of sp³-hybridized carbons (Fsp3) is 0.577. The summed E-state index contributed by atoms with van der Waals surface area (Å²) < 4.78 is 7.14. The number of halogens is 1. The van der Waals surface area contributed by atoms with Crippen LogP contribution >= 0.6 is 11.6 Å². The van der Waals surface area contributed by atoms with Crippen LogP contribution < -0.4 is 5.32 Å². The molecule has 10 heteroatoms. The molecule has 5 rings (SSSR count). The number of aliphatic hydroxyl groups is 1. The molecule has 2 fully saturated rings. The highest BCUT2D eigenvalue weighted by Crippen LogP contribution is 2.38. The third-order valence-corrected chi connectivity index (χ3v) is 7.84. The number of nitrogens with zero attached hydrogens (tertiary/aromatic N) is 4. The van der Waals surface area contributed by atoms with E-state index in [4.69, 9.17) is 21.4 Å². The zero-order chi connectivity index (χ0) is 25.1. The predicted molar refractivity (Wildman–Crippen MR) is 134 cm³/mol. The van der Waals surface area contributed by atoms with Gasteiger partial charge in [0.05, 0.1) is 18.8 Å². The summed E-state index contributed by atoms with van der Waals surface area (Å²) in [5, 5.41) is 17.3. The Labute approximate surface area is 216 Å². The van der Waals surface area contributed by atoms with Gasteiger partial charge in [-0.2, -0.15) is 5.10 Å². The summed E-state index contributed by atoms with van der Waals surface area (Å²) in [6, 6.07) is 9.55. The van der Waals surface area contributed by atoms with Gasteiger partial charge in [0.25, 0.3) is 5.91 Å². The van der Waals surface area contributed by atoms with Crippen LogP contribution in [0.25, 0.3) is 0 Å². The van der Waals surface area contributed by atoms with Gasteiger partial charge in [0.1, 0.15) is 6.79 Å². The van der Waals surface area contributed by atoms with Gasteiger partial charge in [-0.15, -0.1) is 0 Å². The third kappa shape index (κ3) is 5.53. The molecule has 2 atom stereocenters. The van der Waals surface area contributed by atoms with Crippen molar-refractivity contribution in [1.29, 1.82) is 0 Å². The summed E-state index contributed by atoms with van der Waals surface area (Å²) in [6.45, 7) is 2.40. The highest BCUT2D eigenvalue weighted by Gasteiger charge is 2.42. The normalized spacial score (nSPS) is 23.7. The predicted octanol–water partition coefficient (Wildman–Crippen LogP) is 3.39. The van der Waals surface area contributed by atoms with Crippen LogP contribution in [0.1, 0.15) is 60.3 Å². The van der Waals surface area contributed by atoms with E-state index in [-0.39, 0.29) is 30.8 Å². The second kappa shape index (κ2) is 11.2. The maximum atomic E-state index is 13.6. The number of nitrogens with one attached hydrogen (secondary N) is 1. The summed E-state index contributed by atoms with van der Waals surface area (Å²) in [5.74, 6) is 0.359. The number of benzene rings is 1. The Morgan fingerprint density at radius 3 is 2.69 bits per heavy atom. The van der Waals surface area contributed by atoms with Crippen molar-refractivity contribution in [3.05, 3.63) is 52.3 Å². The first kappa shape index (κ1) is 25.0. The Hall–Kier alpha value is -2.62. The van der Waals surface area contributed by atoms with Crippen molar-refractivity contribution in [2.24, 2.45) is 5.92 Å². The molecule has 2 saturated heterocycles. The second-order valence-corrected chi connectivity index (χ2v) is 10.5. The molecule has 1 aromatic carbocycles. The Bertz CT molecular complexity index is 1080. The fourth-order valence-electron chi connectivity index (χ4n) is 5.99. The number of carbonyl (C=O) groups excluding carboxylic acids is 2. The molecule has 0 aliphatic carbocycles. The maximum Gasteiger partial charge on any atom is 0.318 e. The molecule has 194 valence electrons. The van der Waals surface area contributed by atoms with Crippen LogP contribution in [0.15, 0.2) is 30.3 Å². The highest BCUT2D eigenvalue weighted by atomic mass is 35.5. The van der Waals surface area contributed by atoms with Crippen LogP contribution in [0.2, 0.25) is 5.02 Å². The van der Waals surface area contributed by atoms with E-state index >= 15 is 0 Å². The van der Waals surface area contributed by atoms with Crippen molar-refractivity contribution in [3.63, 3.8) is 0 Å². The number of hydrogen-bond donors (Lipinski definition) is 2. The third-order valence-electron chi connectivity index (χ3n) is 7.60. The minimum Gasteiger partial charge on any atom is -0.371 e. The molecular formula is C26H34ClN5O4. The van der Waals surface area contributed by atoms with Crippen LogP contribution in [0.4, 0.5) is 4.79 Å². The molecule has 0 spiro atoms. The molecule has 2 unspecified atom stereocenters. The van der Waals surface area contributed by atoms with Crippen molar-refractivity contribution in [2.45, 2.75) is 70.2 Å². The van der Waals surface area contributed by atoms with Gasteiger partial charge in [-0.3, -0.25) is 9.48 Å². The van der Waals surface area contributed by atoms with Crippen molar-refractivity contribution in [2.75, 3.05) is 19.9 Å². The van der Waals surface area contributed by atoms with Crippen LogP contribution in [-0.2, 0) is 24.4 Å². The monoisotopic (exact) mass is 515 g/mol. The van der Waals surface area contributed by atoms with Crippen molar-refractivity contribution < 1.29 is 19.4 Å². The summed E-state index contributed by atoms with van der Waals surface area (Å²) in [6.07, 6.45) is 5.69. The lowest BCUT2D eigenvalue weighted by atomic mass is 9.78. The lowest BCUT2D eigenvalue weighted by molar-refractivity contribution is -0.0468. The molecule has 0 radical (unpaired) electrons. The first-order valence-corrected chi connectivity index (χ1v) is 13.2. The highest BCUT2D eigenvalue weighted by molar-refractivity contribution is 6.30. The lowest BCUT2D eigenvalue weighted by Gasteiger charge is -2.48. The van der Waals surface area contributed by atoms with E-state index in [0.717, 1.165) is 49.8 Å². The summed E-state index contributed by atoms with van der Waals surface area (Å²) >= 11 is 6.05. The fourth-order valence-corrected chi connectivity index (χ4v) is 6.20. The zero-order valence-electron chi connectivity index (χ0n) is 20.4. The van der Waals surface area contributed by atoms with E-state index in [2.05, 4.69) is 15.3 Å². The van der Waals surface area contributed by atoms with E-state index in [9.17, 15) is 9.59 Å². The molecular weight excluding hydrogens is 482 g/mol. The average molecular weight is 516 g/mol. The van der Waals surface area contributed by atoms with Gasteiger partial charge in [-0.1, -0.05) is 23.7 Å². The number of aromatic nitrogens is 2. The molecule has 36 heavy (non-hydrogen) atoms. The maximum absolute atomic E-state index is 13.6. The zero-order valence-corrected chi connectivity index (χ0v) is 21.2. The molecule has 0 saturated carbocycles. The SMILES string of the molecule is O=C(NCc1cccc(Cl)c1)N1CCCn2nc(C(=O)N3C4CCCC3CC(COCO)C4)cc2C1. The minimum atomic E-state index is -0.260. The van der Waals surface area contributed by atoms with Crippen LogP contribution in [0.3, 0.4) is 0 Å². The van der Waals surface area contributed by atoms with E-state index in [1.165, 1.54) is 0 Å². The van der Waals surface area contributed by atoms with Crippen molar-refractivity contribution >= 4 is 23.5 Å². The molecule has 2 aromatic rings. The van der Waals surface area contributed by atoms with E-state index < -0.39 is 0 Å². The van der Waals surface area contributed by atoms with Gasteiger partial charge in [0.2, 0.25) is 0 Å². The first-order chi connectivity index (χ1) is 17.5. The number of hydrogen-bond acceptors (Lipinski definition) is 5. The Balaban J connectivity index is 1.24. The van der Waals surface area contributed by atoms with E-state index in [0.29, 0.717) is 49.4 Å². The molecule has 3 amide bonds. The summed E-state index contributed by atoms with van der Waals surface area (Å²) in [5.41, 5.74) is 2.29. The van der Waals surface area contributed by atoms with E-state index in [1.54, 1.807) is 4.90 Å². The number of rotatable bonds is 6. The van der Waals surface area contributed by atoms with Crippen molar-refractivity contribution in [1.82, 2.24) is 24.9 Å². The Morgan fingerprint density at radius 2 is 1.94 bits per heavy atom. The van der Waals surface area contributed by atoms with Gasteiger partial charge in [-0.05, 0) is 68.2 Å². The molecule has 3 aliphatic heterocycles. The number of piperidine rings is 2. The molecule has 4 heterocycles. The Morgan fingerprint density at radius 1 is 1.14 bits per heavy atom. The van der Waals surface area contributed by atoms with Gasteiger partial charge < -0.3 is 25.0 Å². The number of amides is 3. The molecule has 2 N–H and O–H groups in total. The molecule has 3 aliphatic rings. The van der Waals surface area contributed by atoms with Gasteiger partial charge >= 0.3 is 6.03 Å². The number of ether oxygens (including phenoxy) is 1. The second-order valence-electron chi connectivity index (χ2n) is 10.1. The minimum absolute atomic E-state index is 0.0104. The van der Waals surface area contributed by atoms with Gasteiger partial charge in [0.15, 0.2) is 5.69 Å². The quantitative estimate of drug-likeness (QED) is 0.574. The van der Waals surface area contributed by atoms with Crippen LogP contribution in [-0.4, -0.2) is 68.7 Å². The number of carbonyl (C=O) groups is 2. The lowest BCUT2D eigenvalue weighted by Crippen LogP contribution is -2.55. The summed E-state index contributed by atoms with van der Waals surface area (Å²) in [4.78, 5) is 30.3. The van der Waals surface area contributed by atoms with E-state index in [1.807, 2.05) is 35.0 Å². The average Bonchev–Trinajstić information content (AvgIpc) is 3.16. The topological polar surface area (TPSA) is 99.9 Å². The molecule has 2 bridgehead atoms. The smallest absolute Gasteiger partial charge is 0.318 e. The van der Waals surface area contributed by atoms with Gasteiger partial charge in [-0.25, -0.2) is 4.79 Å². The standard InChI is InChI=1S/C26H34ClN5O4/c27-20-5-1-4-18(10-20)14-28-26(35)30-8-3-9-31-23(15-30)13-24(29-31)25(34)32-21-6-2-7-22(32)12-19(11-21)16-36-17-33/h1,4-5,10,13,19,21-22,33H,2-3,6-9,11-12,14-17H2,(H,28,35). The molecule has 9 nitrogen and oxygen atoms in total. The molecule has 1 aromatic heterocycles. The Kier molecular flexibility index (Phi) is 7.79. The van der Waals surface area contributed by atoms with Gasteiger partial charge in [0, 0.05) is 36.7 Å². The van der Waals surface area contributed by atoms with Crippen LogP contribution in [0, 0.1) is 5.92 Å². The first-order valence-electron chi connectivity index (χ1n) is 12.9. The van der Waals surface area contributed by atoms with Crippen molar-refractivity contribution in [3.8, 4) is 0 Å². The number of aryl methyl sites for hydroxylation is 1. The summed E-state index contributed by atoms with van der Waals surface area (Å²) in [7, 11) is 0. The largest absolute Gasteiger partial charge is 0.371 e. The number of aliphatic hydroxyl groups excluding tert-OH is 1. The van der Waals surface area contributed by atoms with Crippen LogP contribution in [0.5, 0.6) is 0 Å².